The maximum Gasteiger partial charge on any atom is 0.216 e. The summed E-state index contributed by atoms with van der Waals surface area (Å²) in [6, 6.07) is 4.29. The molecule has 0 spiro atoms. The Balaban J connectivity index is 1.83. The minimum absolute atomic E-state index is 0.104. The van der Waals surface area contributed by atoms with Gasteiger partial charge in [0.2, 0.25) is 5.95 Å². The Labute approximate surface area is 138 Å². The number of hydrogen-bond donors (Lipinski definition) is 0. The van der Waals surface area contributed by atoms with E-state index in [1.54, 1.807) is 4.57 Å². The highest BCUT2D eigenvalue weighted by Crippen LogP contribution is 2.40. The molecule has 5 rings (SSSR count). The lowest BCUT2D eigenvalue weighted by Crippen LogP contribution is -2.05. The number of benzene rings is 2. The zero-order valence-electron chi connectivity index (χ0n) is 12.7. The highest BCUT2D eigenvalue weighted by Gasteiger charge is 2.30. The summed E-state index contributed by atoms with van der Waals surface area (Å²) in [4.78, 5) is 8.46. The molecule has 2 aromatic heterocycles. The van der Waals surface area contributed by atoms with Crippen LogP contribution in [0, 0.1) is 23.3 Å². The van der Waals surface area contributed by atoms with Gasteiger partial charge in [0.05, 0.1) is 22.1 Å². The topological polar surface area (TPSA) is 35.6 Å². The fraction of sp³-hybridized carbons (Fsp3) is 0.176. The Kier molecular flexibility index (Phi) is 2.78. The van der Waals surface area contributed by atoms with E-state index in [9.17, 15) is 17.6 Å². The van der Waals surface area contributed by atoms with Gasteiger partial charge in [-0.05, 0) is 12.8 Å². The third-order valence-electron chi connectivity index (χ3n) is 4.43. The molecule has 0 unspecified atom stereocenters. The zero-order chi connectivity index (χ0) is 17.3. The number of imidazole rings is 2. The number of hydrogen-bond acceptors (Lipinski definition) is 2. The van der Waals surface area contributed by atoms with E-state index >= 15 is 0 Å². The maximum atomic E-state index is 13.7. The van der Waals surface area contributed by atoms with Gasteiger partial charge in [-0.1, -0.05) is 0 Å². The van der Waals surface area contributed by atoms with Gasteiger partial charge in [0.1, 0.15) is 6.33 Å². The molecule has 126 valence electrons. The van der Waals surface area contributed by atoms with Gasteiger partial charge in [0.25, 0.3) is 0 Å². The quantitative estimate of drug-likeness (QED) is 0.508. The van der Waals surface area contributed by atoms with Crippen LogP contribution in [-0.2, 0) is 0 Å². The molecule has 0 bridgehead atoms. The second kappa shape index (κ2) is 4.81. The van der Waals surface area contributed by atoms with E-state index in [0.717, 1.165) is 37.1 Å². The Morgan fingerprint density at radius 2 is 1.40 bits per heavy atom. The van der Waals surface area contributed by atoms with Crippen molar-refractivity contribution in [3.05, 3.63) is 53.9 Å². The Morgan fingerprint density at radius 3 is 2.08 bits per heavy atom. The maximum absolute atomic E-state index is 13.7. The third-order valence-corrected chi connectivity index (χ3v) is 4.43. The molecule has 1 saturated carbocycles. The van der Waals surface area contributed by atoms with Gasteiger partial charge in [-0.25, -0.2) is 27.5 Å². The molecule has 1 fully saturated rings. The highest BCUT2D eigenvalue weighted by atomic mass is 19.2. The molecule has 25 heavy (non-hydrogen) atoms. The van der Waals surface area contributed by atoms with Crippen LogP contribution in [0.1, 0.15) is 18.9 Å². The minimum Gasteiger partial charge on any atom is -0.306 e. The molecule has 4 nitrogen and oxygen atoms in total. The van der Waals surface area contributed by atoms with Crippen LogP contribution in [0.25, 0.3) is 28.0 Å². The molecular weight excluding hydrogens is 336 g/mol. The van der Waals surface area contributed by atoms with Crippen molar-refractivity contribution in [2.24, 2.45) is 0 Å². The zero-order valence-corrected chi connectivity index (χ0v) is 12.7. The van der Waals surface area contributed by atoms with Crippen molar-refractivity contribution < 1.29 is 17.6 Å². The van der Waals surface area contributed by atoms with Crippen molar-refractivity contribution in [3.8, 4) is 5.95 Å². The summed E-state index contributed by atoms with van der Waals surface area (Å²) in [5.41, 5.74) is 1.36. The standard InChI is InChI=1S/C17H10F4N4/c18-9-3-13-15(5-11(9)20)24(7-22-13)17-23-14-4-10(19)12(21)6-16(14)25(17)8-1-2-8/h3-8H,1-2H2. The Bertz CT molecular complexity index is 1160. The average molecular weight is 346 g/mol. The van der Waals surface area contributed by atoms with Gasteiger partial charge in [-0.2, -0.15) is 0 Å². The molecule has 0 aliphatic heterocycles. The molecule has 2 heterocycles. The number of rotatable bonds is 2. The SMILES string of the molecule is Fc1cc2ncn(-c3nc4cc(F)c(F)cc4n3C3CC3)c2cc1F. The van der Waals surface area contributed by atoms with Crippen molar-refractivity contribution in [1.82, 2.24) is 19.1 Å². The van der Waals surface area contributed by atoms with Crippen molar-refractivity contribution in [1.29, 1.82) is 0 Å². The Morgan fingerprint density at radius 1 is 0.800 bits per heavy atom. The largest absolute Gasteiger partial charge is 0.306 e. The normalized spacial score (nSPS) is 14.7. The molecule has 1 aliphatic carbocycles. The van der Waals surface area contributed by atoms with E-state index in [4.69, 9.17) is 0 Å². The summed E-state index contributed by atoms with van der Waals surface area (Å²) in [5.74, 6) is -3.55. The van der Waals surface area contributed by atoms with Crippen LogP contribution in [0.5, 0.6) is 0 Å². The van der Waals surface area contributed by atoms with Crippen molar-refractivity contribution in [2.75, 3.05) is 0 Å². The summed E-state index contributed by atoms with van der Waals surface area (Å²) in [7, 11) is 0. The molecule has 2 aromatic carbocycles. The van der Waals surface area contributed by atoms with Crippen LogP contribution < -0.4 is 0 Å². The van der Waals surface area contributed by atoms with Gasteiger partial charge in [0, 0.05) is 30.3 Å². The summed E-state index contributed by atoms with van der Waals surface area (Å²) in [5, 5.41) is 0. The first kappa shape index (κ1) is 14.4. The van der Waals surface area contributed by atoms with E-state index in [1.165, 1.54) is 10.9 Å². The predicted octanol–water partition coefficient (Wildman–Crippen LogP) is 4.27. The summed E-state index contributed by atoms with van der Waals surface area (Å²) >= 11 is 0. The van der Waals surface area contributed by atoms with Crippen molar-refractivity contribution in [3.63, 3.8) is 0 Å². The minimum atomic E-state index is -1.000. The van der Waals surface area contributed by atoms with E-state index in [1.807, 2.05) is 0 Å². The monoisotopic (exact) mass is 346 g/mol. The van der Waals surface area contributed by atoms with Gasteiger partial charge in [0.15, 0.2) is 23.3 Å². The molecule has 0 saturated heterocycles. The molecule has 1 aliphatic rings. The van der Waals surface area contributed by atoms with Crippen LogP contribution >= 0.6 is 0 Å². The summed E-state index contributed by atoms with van der Waals surface area (Å²) in [6.07, 6.45) is 3.16. The first-order valence-corrected chi connectivity index (χ1v) is 7.72. The first-order chi connectivity index (χ1) is 12.0. The number of aromatic nitrogens is 4. The van der Waals surface area contributed by atoms with Gasteiger partial charge < -0.3 is 4.57 Å². The highest BCUT2D eigenvalue weighted by molar-refractivity contribution is 5.81. The van der Waals surface area contributed by atoms with E-state index in [2.05, 4.69) is 9.97 Å². The molecule has 0 N–H and O–H groups in total. The van der Waals surface area contributed by atoms with Crippen LogP contribution in [0.2, 0.25) is 0 Å². The van der Waals surface area contributed by atoms with Crippen LogP contribution in [0.15, 0.2) is 30.6 Å². The average Bonchev–Trinajstić information content (AvgIpc) is 3.24. The van der Waals surface area contributed by atoms with Gasteiger partial charge in [-0.3, -0.25) is 4.57 Å². The second-order valence-corrected chi connectivity index (χ2v) is 6.14. The van der Waals surface area contributed by atoms with Gasteiger partial charge in [-0.15, -0.1) is 0 Å². The lowest BCUT2D eigenvalue weighted by molar-refractivity contribution is 0.510. The van der Waals surface area contributed by atoms with Crippen molar-refractivity contribution in [2.45, 2.75) is 18.9 Å². The van der Waals surface area contributed by atoms with Crippen LogP contribution in [0.3, 0.4) is 0 Å². The summed E-state index contributed by atoms with van der Waals surface area (Å²) in [6.45, 7) is 0. The molecule has 0 atom stereocenters. The first-order valence-electron chi connectivity index (χ1n) is 7.72. The van der Waals surface area contributed by atoms with Crippen LogP contribution in [-0.4, -0.2) is 19.1 Å². The Hall–Kier alpha value is -2.90. The number of halogens is 4. The van der Waals surface area contributed by atoms with E-state index in [-0.39, 0.29) is 11.6 Å². The molecule has 0 radical (unpaired) electrons. The van der Waals surface area contributed by atoms with E-state index in [0.29, 0.717) is 22.5 Å². The van der Waals surface area contributed by atoms with Crippen LogP contribution in [0.4, 0.5) is 17.6 Å². The number of nitrogens with zero attached hydrogens (tertiary/aromatic N) is 4. The predicted molar refractivity (Wildman–Crippen MR) is 82.5 cm³/mol. The lowest BCUT2D eigenvalue weighted by Gasteiger charge is -2.09. The molecule has 0 amide bonds. The third kappa shape index (κ3) is 2.06. The molecule has 8 heteroatoms. The second-order valence-electron chi connectivity index (χ2n) is 6.14. The van der Waals surface area contributed by atoms with Crippen molar-refractivity contribution >= 4 is 22.1 Å². The number of fused-ring (bicyclic) bond motifs is 2. The fourth-order valence-electron chi connectivity index (χ4n) is 3.10. The fourth-order valence-corrected chi connectivity index (χ4v) is 3.10. The summed E-state index contributed by atoms with van der Waals surface area (Å²) < 4.78 is 57.6. The lowest BCUT2D eigenvalue weighted by atomic mass is 10.3. The smallest absolute Gasteiger partial charge is 0.216 e. The van der Waals surface area contributed by atoms with Gasteiger partial charge >= 0.3 is 0 Å². The van der Waals surface area contributed by atoms with E-state index < -0.39 is 23.3 Å². The molecular formula is C17H10F4N4. The molecule has 4 aromatic rings.